The zero-order chi connectivity index (χ0) is 13.7. The highest BCUT2D eigenvalue weighted by atomic mass is 79.9. The quantitative estimate of drug-likeness (QED) is 0.732. The molecule has 18 heavy (non-hydrogen) atoms. The molecule has 1 aromatic rings. The van der Waals surface area contributed by atoms with Crippen LogP contribution in [-0.2, 0) is 4.79 Å². The van der Waals surface area contributed by atoms with Crippen molar-refractivity contribution in [2.45, 2.75) is 26.8 Å². The summed E-state index contributed by atoms with van der Waals surface area (Å²) in [6.45, 7) is 6.65. The molecule has 1 aromatic carbocycles. The van der Waals surface area contributed by atoms with Crippen LogP contribution in [-0.4, -0.2) is 18.5 Å². The Morgan fingerprint density at radius 3 is 2.61 bits per heavy atom. The molecule has 0 radical (unpaired) electrons. The number of carbonyl (C=O) groups excluding carboxylic acids is 1. The molecule has 0 aliphatic heterocycles. The molecule has 0 fully saturated rings. The van der Waals surface area contributed by atoms with Crippen LogP contribution in [0.2, 0.25) is 0 Å². The lowest BCUT2D eigenvalue weighted by molar-refractivity contribution is -0.121. The maximum atomic E-state index is 11.8. The molecule has 0 aliphatic carbocycles. The molecule has 1 rings (SSSR count). The van der Waals surface area contributed by atoms with Crippen molar-refractivity contribution in [1.82, 2.24) is 5.32 Å². The van der Waals surface area contributed by atoms with Gasteiger partial charge in [-0.25, -0.2) is 0 Å². The number of hydrogen-bond acceptors (Lipinski definition) is 3. The van der Waals surface area contributed by atoms with Gasteiger partial charge < -0.3 is 16.4 Å². The highest BCUT2D eigenvalue weighted by Gasteiger charge is 2.13. The predicted molar refractivity (Wildman–Crippen MR) is 79.5 cm³/mol. The minimum Gasteiger partial charge on any atom is -0.399 e. The van der Waals surface area contributed by atoms with Gasteiger partial charge in [0.15, 0.2) is 0 Å². The SMILES string of the molecule is CC(C)CNC(=O)C(C)Nc1ccc(N)cc1Br. The highest BCUT2D eigenvalue weighted by Crippen LogP contribution is 2.25. The summed E-state index contributed by atoms with van der Waals surface area (Å²) in [4.78, 5) is 11.8. The summed E-state index contributed by atoms with van der Waals surface area (Å²) < 4.78 is 0.853. The molecule has 0 spiro atoms. The van der Waals surface area contributed by atoms with Crippen molar-refractivity contribution in [3.05, 3.63) is 22.7 Å². The third kappa shape index (κ3) is 4.56. The van der Waals surface area contributed by atoms with Crippen LogP contribution in [0.4, 0.5) is 11.4 Å². The van der Waals surface area contributed by atoms with Crippen molar-refractivity contribution in [1.29, 1.82) is 0 Å². The summed E-state index contributed by atoms with van der Waals surface area (Å²) in [6, 6.07) is 5.17. The summed E-state index contributed by atoms with van der Waals surface area (Å²) in [5, 5.41) is 6.04. The topological polar surface area (TPSA) is 67.2 Å². The number of benzene rings is 1. The van der Waals surface area contributed by atoms with Gasteiger partial charge >= 0.3 is 0 Å². The number of anilines is 2. The normalized spacial score (nSPS) is 12.3. The number of carbonyl (C=O) groups is 1. The maximum Gasteiger partial charge on any atom is 0.242 e. The van der Waals surface area contributed by atoms with Gasteiger partial charge in [-0.2, -0.15) is 0 Å². The molecule has 0 heterocycles. The van der Waals surface area contributed by atoms with Crippen LogP contribution in [0.25, 0.3) is 0 Å². The molecule has 4 nitrogen and oxygen atoms in total. The van der Waals surface area contributed by atoms with Gasteiger partial charge in [0.1, 0.15) is 6.04 Å². The van der Waals surface area contributed by atoms with Gasteiger partial charge in [0.2, 0.25) is 5.91 Å². The Kier molecular flexibility index (Phi) is 5.47. The Balaban J connectivity index is 2.58. The van der Waals surface area contributed by atoms with E-state index in [4.69, 9.17) is 5.73 Å². The number of rotatable bonds is 5. The molecule has 5 heteroatoms. The third-order valence-electron chi connectivity index (χ3n) is 2.44. The standard InChI is InChI=1S/C13H20BrN3O/c1-8(2)7-16-13(18)9(3)17-12-5-4-10(15)6-11(12)14/h4-6,8-9,17H,7,15H2,1-3H3,(H,16,18). The molecule has 4 N–H and O–H groups in total. The van der Waals surface area contributed by atoms with E-state index in [1.807, 2.05) is 13.0 Å². The molecule has 0 saturated carbocycles. The average molecular weight is 314 g/mol. The fourth-order valence-electron chi connectivity index (χ4n) is 1.41. The molecular weight excluding hydrogens is 294 g/mol. The smallest absolute Gasteiger partial charge is 0.242 e. The molecule has 1 unspecified atom stereocenters. The Morgan fingerprint density at radius 2 is 2.06 bits per heavy atom. The second-order valence-corrected chi connectivity index (χ2v) is 5.60. The zero-order valence-corrected chi connectivity index (χ0v) is 12.5. The minimum atomic E-state index is -0.288. The van der Waals surface area contributed by atoms with Gasteiger partial charge in [0.05, 0.1) is 0 Å². The molecule has 0 aliphatic rings. The van der Waals surface area contributed by atoms with E-state index >= 15 is 0 Å². The first-order valence-electron chi connectivity index (χ1n) is 5.99. The van der Waals surface area contributed by atoms with Crippen LogP contribution in [0.1, 0.15) is 20.8 Å². The van der Waals surface area contributed by atoms with Crippen molar-refractivity contribution in [3.8, 4) is 0 Å². The number of amides is 1. The van der Waals surface area contributed by atoms with E-state index in [1.165, 1.54) is 0 Å². The molecule has 100 valence electrons. The predicted octanol–water partition coefficient (Wildman–Crippen LogP) is 2.60. The molecule has 0 aromatic heterocycles. The van der Waals surface area contributed by atoms with E-state index in [1.54, 1.807) is 12.1 Å². The van der Waals surface area contributed by atoms with E-state index in [2.05, 4.69) is 40.4 Å². The zero-order valence-electron chi connectivity index (χ0n) is 11.0. The Labute approximate surface area is 116 Å². The maximum absolute atomic E-state index is 11.8. The van der Waals surface area contributed by atoms with Gasteiger partial charge in [-0.05, 0) is 47.0 Å². The van der Waals surface area contributed by atoms with Crippen molar-refractivity contribution in [2.24, 2.45) is 5.92 Å². The first-order valence-corrected chi connectivity index (χ1v) is 6.78. The summed E-state index contributed by atoms with van der Waals surface area (Å²) in [5.41, 5.74) is 7.20. The lowest BCUT2D eigenvalue weighted by Crippen LogP contribution is -2.39. The minimum absolute atomic E-state index is 0.00701. The highest BCUT2D eigenvalue weighted by molar-refractivity contribution is 9.10. The van der Waals surface area contributed by atoms with Crippen molar-refractivity contribution < 1.29 is 4.79 Å². The van der Waals surface area contributed by atoms with Crippen LogP contribution in [0, 0.1) is 5.92 Å². The van der Waals surface area contributed by atoms with Crippen LogP contribution in [0.3, 0.4) is 0 Å². The fourth-order valence-corrected chi connectivity index (χ4v) is 1.92. The van der Waals surface area contributed by atoms with Gasteiger partial charge in [-0.15, -0.1) is 0 Å². The number of nitrogens with one attached hydrogen (secondary N) is 2. The Hall–Kier alpha value is -1.23. The second-order valence-electron chi connectivity index (χ2n) is 4.74. The summed E-state index contributed by atoms with van der Waals surface area (Å²) in [5.74, 6) is 0.442. The largest absolute Gasteiger partial charge is 0.399 e. The number of hydrogen-bond donors (Lipinski definition) is 3. The fraction of sp³-hybridized carbons (Fsp3) is 0.462. The van der Waals surface area contributed by atoms with Gasteiger partial charge in [-0.3, -0.25) is 4.79 Å². The average Bonchev–Trinajstić information content (AvgIpc) is 2.29. The number of nitrogens with two attached hydrogens (primary N) is 1. The molecule has 1 amide bonds. The second kappa shape index (κ2) is 6.64. The van der Waals surface area contributed by atoms with Gasteiger partial charge in [0.25, 0.3) is 0 Å². The summed E-state index contributed by atoms with van der Waals surface area (Å²) in [7, 11) is 0. The monoisotopic (exact) mass is 313 g/mol. The summed E-state index contributed by atoms with van der Waals surface area (Å²) >= 11 is 3.41. The number of nitrogen functional groups attached to an aromatic ring is 1. The van der Waals surface area contributed by atoms with Crippen LogP contribution in [0.15, 0.2) is 22.7 Å². The van der Waals surface area contributed by atoms with E-state index < -0.39 is 0 Å². The van der Waals surface area contributed by atoms with Crippen molar-refractivity contribution in [3.63, 3.8) is 0 Å². The van der Waals surface area contributed by atoms with E-state index in [0.29, 0.717) is 18.2 Å². The molecule has 1 atom stereocenters. The van der Waals surface area contributed by atoms with Gasteiger partial charge in [0, 0.05) is 22.4 Å². The lowest BCUT2D eigenvalue weighted by atomic mass is 10.2. The Morgan fingerprint density at radius 1 is 1.39 bits per heavy atom. The van der Waals surface area contributed by atoms with Crippen LogP contribution < -0.4 is 16.4 Å². The van der Waals surface area contributed by atoms with E-state index in [-0.39, 0.29) is 11.9 Å². The van der Waals surface area contributed by atoms with Crippen LogP contribution >= 0.6 is 15.9 Å². The lowest BCUT2D eigenvalue weighted by Gasteiger charge is -2.17. The van der Waals surface area contributed by atoms with Crippen LogP contribution in [0.5, 0.6) is 0 Å². The first kappa shape index (κ1) is 14.8. The third-order valence-corrected chi connectivity index (χ3v) is 3.10. The van der Waals surface area contributed by atoms with Crippen molar-refractivity contribution in [2.75, 3.05) is 17.6 Å². The van der Waals surface area contributed by atoms with Crippen molar-refractivity contribution >= 4 is 33.2 Å². The van der Waals surface area contributed by atoms with E-state index in [9.17, 15) is 4.79 Å². The summed E-state index contributed by atoms with van der Waals surface area (Å²) in [6.07, 6.45) is 0. The Bertz CT molecular complexity index is 421. The van der Waals surface area contributed by atoms with Gasteiger partial charge in [-0.1, -0.05) is 13.8 Å². The van der Waals surface area contributed by atoms with E-state index in [0.717, 1.165) is 10.2 Å². The molecular formula is C13H20BrN3O. The number of halogens is 1. The molecule has 0 saturated heterocycles. The first-order chi connectivity index (χ1) is 8.40. The molecule has 0 bridgehead atoms.